The SMILES string of the molecule is CCCCc1c(C)nc2nc(SCC(=O)NC(=O)NCCc3cccs3)nn2c1C. The lowest BCUT2D eigenvalue weighted by Crippen LogP contribution is -2.41. The van der Waals surface area contributed by atoms with Crippen molar-refractivity contribution in [1.29, 1.82) is 0 Å². The summed E-state index contributed by atoms with van der Waals surface area (Å²) < 4.78 is 1.73. The second kappa shape index (κ2) is 10.5. The first-order valence-electron chi connectivity index (χ1n) is 9.93. The molecule has 0 saturated heterocycles. The summed E-state index contributed by atoms with van der Waals surface area (Å²) in [4.78, 5) is 34.1. The topological polar surface area (TPSA) is 101 Å². The zero-order valence-corrected chi connectivity index (χ0v) is 19.0. The maximum atomic E-state index is 12.1. The Morgan fingerprint density at radius 3 is 2.80 bits per heavy atom. The van der Waals surface area contributed by atoms with Gasteiger partial charge >= 0.3 is 6.03 Å². The minimum absolute atomic E-state index is 0.0515. The zero-order valence-electron chi connectivity index (χ0n) is 17.4. The molecule has 10 heteroatoms. The monoisotopic (exact) mass is 446 g/mol. The molecule has 30 heavy (non-hydrogen) atoms. The van der Waals surface area contributed by atoms with Gasteiger partial charge < -0.3 is 5.32 Å². The molecular formula is C20H26N6O2S2. The van der Waals surface area contributed by atoms with Crippen molar-refractivity contribution < 1.29 is 9.59 Å². The van der Waals surface area contributed by atoms with Crippen molar-refractivity contribution in [3.05, 3.63) is 39.3 Å². The standard InChI is InChI=1S/C20H26N6O2S2/c1-4-5-8-16-13(2)22-18-24-20(25-26(18)14(16)3)30-12-17(27)23-19(28)21-10-9-15-7-6-11-29-15/h6-7,11H,4-5,8-10,12H2,1-3H3,(H2,21,23,27,28). The Labute approximate surface area is 183 Å². The van der Waals surface area contributed by atoms with Crippen molar-refractivity contribution in [2.45, 2.75) is 51.6 Å². The highest BCUT2D eigenvalue weighted by Crippen LogP contribution is 2.19. The smallest absolute Gasteiger partial charge is 0.321 e. The van der Waals surface area contributed by atoms with Gasteiger partial charge in [0.1, 0.15) is 0 Å². The van der Waals surface area contributed by atoms with Crippen LogP contribution in [0.15, 0.2) is 22.7 Å². The van der Waals surface area contributed by atoms with Crippen molar-refractivity contribution in [2.24, 2.45) is 0 Å². The molecule has 3 rings (SSSR count). The molecule has 2 N–H and O–H groups in total. The third-order valence-corrected chi connectivity index (χ3v) is 6.41. The minimum Gasteiger partial charge on any atom is -0.337 e. The van der Waals surface area contributed by atoms with Crippen LogP contribution in [0.4, 0.5) is 4.79 Å². The van der Waals surface area contributed by atoms with E-state index in [1.165, 1.54) is 22.2 Å². The number of urea groups is 1. The number of aryl methyl sites for hydroxylation is 2. The highest BCUT2D eigenvalue weighted by atomic mass is 32.2. The lowest BCUT2D eigenvalue weighted by Gasteiger charge is -2.09. The normalized spacial score (nSPS) is 11.0. The molecule has 0 spiro atoms. The molecule has 0 fully saturated rings. The van der Waals surface area contributed by atoms with E-state index >= 15 is 0 Å². The Morgan fingerprint density at radius 2 is 2.07 bits per heavy atom. The van der Waals surface area contributed by atoms with E-state index in [2.05, 4.69) is 32.6 Å². The molecule has 160 valence electrons. The average molecular weight is 447 g/mol. The van der Waals surface area contributed by atoms with E-state index in [1.54, 1.807) is 15.9 Å². The molecule has 8 nitrogen and oxygen atoms in total. The number of thioether (sulfide) groups is 1. The number of thiophene rings is 1. The van der Waals surface area contributed by atoms with Gasteiger partial charge in [-0.2, -0.15) is 4.98 Å². The number of aromatic nitrogens is 4. The van der Waals surface area contributed by atoms with Crippen LogP contribution in [-0.2, 0) is 17.6 Å². The zero-order chi connectivity index (χ0) is 21.5. The lowest BCUT2D eigenvalue weighted by molar-refractivity contribution is -0.117. The van der Waals surface area contributed by atoms with Crippen LogP contribution in [-0.4, -0.2) is 43.8 Å². The summed E-state index contributed by atoms with van der Waals surface area (Å²) >= 11 is 2.82. The number of amides is 3. The molecule has 3 heterocycles. The van der Waals surface area contributed by atoms with E-state index in [0.29, 0.717) is 17.5 Å². The van der Waals surface area contributed by atoms with Crippen molar-refractivity contribution in [3.63, 3.8) is 0 Å². The molecule has 3 amide bonds. The van der Waals surface area contributed by atoms with Crippen LogP contribution in [0.5, 0.6) is 0 Å². The Balaban J connectivity index is 1.51. The highest BCUT2D eigenvalue weighted by molar-refractivity contribution is 7.99. The molecule has 0 saturated carbocycles. The predicted molar refractivity (Wildman–Crippen MR) is 119 cm³/mol. The number of rotatable bonds is 9. The van der Waals surface area contributed by atoms with Gasteiger partial charge in [-0.25, -0.2) is 14.3 Å². The maximum Gasteiger partial charge on any atom is 0.321 e. The Kier molecular flexibility index (Phi) is 7.81. The number of carbonyl (C=O) groups is 2. The number of hydrogen-bond donors (Lipinski definition) is 2. The van der Waals surface area contributed by atoms with E-state index < -0.39 is 11.9 Å². The molecule has 0 radical (unpaired) electrons. The van der Waals surface area contributed by atoms with Gasteiger partial charge in [-0.3, -0.25) is 10.1 Å². The average Bonchev–Trinajstić information content (AvgIpc) is 3.36. The molecule has 0 aliphatic carbocycles. The van der Waals surface area contributed by atoms with Crippen LogP contribution in [0.25, 0.3) is 5.78 Å². The fourth-order valence-electron chi connectivity index (χ4n) is 3.06. The van der Waals surface area contributed by atoms with E-state index in [4.69, 9.17) is 0 Å². The quantitative estimate of drug-likeness (QED) is 0.489. The van der Waals surface area contributed by atoms with E-state index in [1.807, 2.05) is 31.4 Å². The number of hydrogen-bond acceptors (Lipinski definition) is 7. The summed E-state index contributed by atoms with van der Waals surface area (Å²) in [7, 11) is 0. The summed E-state index contributed by atoms with van der Waals surface area (Å²) in [5, 5.41) is 12.0. The van der Waals surface area contributed by atoms with Crippen molar-refractivity contribution in [3.8, 4) is 0 Å². The third kappa shape index (κ3) is 5.79. The second-order valence-electron chi connectivity index (χ2n) is 6.89. The van der Waals surface area contributed by atoms with Crippen molar-refractivity contribution in [1.82, 2.24) is 30.2 Å². The summed E-state index contributed by atoms with van der Waals surface area (Å²) in [6.07, 6.45) is 3.92. The summed E-state index contributed by atoms with van der Waals surface area (Å²) in [6.45, 7) is 6.65. The van der Waals surface area contributed by atoms with Crippen molar-refractivity contribution >= 4 is 40.8 Å². The minimum atomic E-state index is -0.492. The van der Waals surface area contributed by atoms with Crippen LogP contribution in [0, 0.1) is 13.8 Å². The number of fused-ring (bicyclic) bond motifs is 1. The molecule has 0 aliphatic rings. The summed E-state index contributed by atoms with van der Waals surface area (Å²) in [5.74, 6) is 0.187. The van der Waals surface area contributed by atoms with Gasteiger partial charge in [-0.05, 0) is 50.1 Å². The van der Waals surface area contributed by atoms with E-state index in [9.17, 15) is 9.59 Å². The first kappa shape index (κ1) is 22.2. The van der Waals surface area contributed by atoms with E-state index in [-0.39, 0.29) is 5.75 Å². The summed E-state index contributed by atoms with van der Waals surface area (Å²) in [6, 6.07) is 3.49. The van der Waals surface area contributed by atoms with Gasteiger partial charge in [0.05, 0.1) is 5.75 Å². The molecule has 0 aromatic carbocycles. The maximum absolute atomic E-state index is 12.1. The first-order valence-corrected chi connectivity index (χ1v) is 11.8. The van der Waals surface area contributed by atoms with Crippen LogP contribution in [0.3, 0.4) is 0 Å². The van der Waals surface area contributed by atoms with Gasteiger partial charge in [0.2, 0.25) is 11.1 Å². The molecule has 0 bridgehead atoms. The third-order valence-electron chi connectivity index (χ3n) is 4.63. The molecule has 0 atom stereocenters. The van der Waals surface area contributed by atoms with Crippen LogP contribution in [0.2, 0.25) is 0 Å². The number of nitrogens with zero attached hydrogens (tertiary/aromatic N) is 4. The van der Waals surface area contributed by atoms with E-state index in [0.717, 1.165) is 37.1 Å². The van der Waals surface area contributed by atoms with Gasteiger partial charge in [-0.15, -0.1) is 16.4 Å². The van der Waals surface area contributed by atoms with Gasteiger partial charge in [0.25, 0.3) is 5.78 Å². The van der Waals surface area contributed by atoms with Crippen LogP contribution in [0.1, 0.15) is 41.6 Å². The highest BCUT2D eigenvalue weighted by Gasteiger charge is 2.15. The second-order valence-corrected chi connectivity index (χ2v) is 8.87. The molecule has 0 unspecified atom stereocenters. The Bertz CT molecular complexity index is 1020. The fraction of sp³-hybridized carbons (Fsp3) is 0.450. The number of nitrogens with one attached hydrogen (secondary N) is 2. The number of imide groups is 1. The predicted octanol–water partition coefficient (Wildman–Crippen LogP) is 3.31. The van der Waals surface area contributed by atoms with Crippen LogP contribution < -0.4 is 10.6 Å². The Morgan fingerprint density at radius 1 is 1.23 bits per heavy atom. The molecular weight excluding hydrogens is 420 g/mol. The Hall–Kier alpha value is -2.46. The number of unbranched alkanes of at least 4 members (excludes halogenated alkanes) is 1. The fourth-order valence-corrected chi connectivity index (χ4v) is 4.38. The van der Waals surface area contributed by atoms with Crippen molar-refractivity contribution in [2.75, 3.05) is 12.3 Å². The largest absolute Gasteiger partial charge is 0.337 e. The van der Waals surface area contributed by atoms with Gasteiger partial charge in [0, 0.05) is 22.8 Å². The molecule has 0 aliphatic heterocycles. The van der Waals surface area contributed by atoms with Crippen LogP contribution >= 0.6 is 23.1 Å². The van der Waals surface area contributed by atoms with Gasteiger partial charge in [-0.1, -0.05) is 31.2 Å². The molecule has 3 aromatic rings. The lowest BCUT2D eigenvalue weighted by atomic mass is 10.1. The number of carbonyl (C=O) groups excluding carboxylic acids is 2. The first-order chi connectivity index (χ1) is 14.5. The molecule has 3 aromatic heterocycles. The van der Waals surface area contributed by atoms with Gasteiger partial charge in [0.15, 0.2) is 0 Å². The summed E-state index contributed by atoms with van der Waals surface area (Å²) in [5.41, 5.74) is 3.19.